The van der Waals surface area contributed by atoms with E-state index in [0.29, 0.717) is 17.1 Å². The smallest absolute Gasteiger partial charge is 0.145 e. The van der Waals surface area contributed by atoms with E-state index in [4.69, 9.17) is 4.74 Å². The Morgan fingerprint density at radius 2 is 2.15 bits per heavy atom. The van der Waals surface area contributed by atoms with Gasteiger partial charge in [-0.05, 0) is 43.3 Å². The first-order chi connectivity index (χ1) is 9.72. The van der Waals surface area contributed by atoms with Crippen molar-refractivity contribution in [3.63, 3.8) is 0 Å². The molecule has 102 valence electrons. The monoisotopic (exact) mass is 267 g/mol. The Bertz CT molecular complexity index is 615. The van der Waals surface area contributed by atoms with E-state index >= 15 is 0 Å². The summed E-state index contributed by atoms with van der Waals surface area (Å²) in [7, 11) is 0. The lowest BCUT2D eigenvalue weighted by molar-refractivity contribution is 0.478. The van der Waals surface area contributed by atoms with Gasteiger partial charge in [0.1, 0.15) is 17.6 Å². The molecule has 0 unspecified atom stereocenters. The number of nitrogens with one attached hydrogen (secondary N) is 1. The van der Waals surface area contributed by atoms with Crippen LogP contribution >= 0.6 is 0 Å². The number of hydrogen-bond acceptors (Lipinski definition) is 4. The highest BCUT2D eigenvalue weighted by Gasteiger charge is 2.06. The van der Waals surface area contributed by atoms with E-state index < -0.39 is 0 Å². The summed E-state index contributed by atoms with van der Waals surface area (Å²) in [5.41, 5.74) is 2.53. The third-order valence-electron chi connectivity index (χ3n) is 2.86. The van der Waals surface area contributed by atoms with E-state index in [1.54, 1.807) is 6.20 Å². The third-order valence-corrected chi connectivity index (χ3v) is 2.86. The fourth-order valence-corrected chi connectivity index (χ4v) is 1.77. The number of rotatable bonds is 5. The number of nitriles is 1. The molecule has 0 amide bonds. The standard InChI is InChI=1S/C16H17N3O/c1-3-18-10-13-5-7-16(14(8-13)9-17)20-15-6-4-12(2)19-11-15/h4-8,11,18H,3,10H2,1-2H3. The zero-order valence-corrected chi connectivity index (χ0v) is 11.7. The van der Waals surface area contributed by atoms with Crippen molar-refractivity contribution in [1.82, 2.24) is 10.3 Å². The molecule has 0 aliphatic carbocycles. The van der Waals surface area contributed by atoms with Gasteiger partial charge in [-0.3, -0.25) is 4.98 Å². The van der Waals surface area contributed by atoms with Gasteiger partial charge >= 0.3 is 0 Å². The van der Waals surface area contributed by atoms with Crippen molar-refractivity contribution in [2.45, 2.75) is 20.4 Å². The first-order valence-corrected chi connectivity index (χ1v) is 6.57. The minimum atomic E-state index is 0.529. The molecule has 4 heteroatoms. The summed E-state index contributed by atoms with van der Waals surface area (Å²) in [6.07, 6.45) is 1.66. The molecule has 0 radical (unpaired) electrons. The van der Waals surface area contributed by atoms with Gasteiger partial charge in [0.2, 0.25) is 0 Å². The number of aromatic nitrogens is 1. The molecule has 1 N–H and O–H groups in total. The quantitative estimate of drug-likeness (QED) is 0.904. The molecule has 2 aromatic rings. The summed E-state index contributed by atoms with van der Waals surface area (Å²) >= 11 is 0. The van der Waals surface area contributed by atoms with Gasteiger partial charge < -0.3 is 10.1 Å². The van der Waals surface area contributed by atoms with Crippen molar-refractivity contribution < 1.29 is 4.74 Å². The fourth-order valence-electron chi connectivity index (χ4n) is 1.77. The minimum Gasteiger partial charge on any atom is -0.454 e. The molecule has 0 aliphatic heterocycles. The maximum absolute atomic E-state index is 9.22. The average molecular weight is 267 g/mol. The molecule has 0 fully saturated rings. The summed E-state index contributed by atoms with van der Waals surface area (Å²) in [6.45, 7) is 5.61. The molecule has 0 atom stereocenters. The van der Waals surface area contributed by atoms with E-state index in [2.05, 4.69) is 16.4 Å². The number of hydrogen-bond donors (Lipinski definition) is 1. The molecule has 0 saturated carbocycles. The van der Waals surface area contributed by atoms with Crippen LogP contribution in [-0.4, -0.2) is 11.5 Å². The van der Waals surface area contributed by atoms with Crippen LogP contribution in [-0.2, 0) is 6.54 Å². The van der Waals surface area contributed by atoms with Crippen LogP contribution in [0.3, 0.4) is 0 Å². The van der Waals surface area contributed by atoms with Gasteiger partial charge in [-0.1, -0.05) is 13.0 Å². The highest BCUT2D eigenvalue weighted by Crippen LogP contribution is 2.25. The van der Waals surface area contributed by atoms with Crippen molar-refractivity contribution in [3.8, 4) is 17.6 Å². The van der Waals surface area contributed by atoms with Crippen molar-refractivity contribution >= 4 is 0 Å². The summed E-state index contributed by atoms with van der Waals surface area (Å²) in [5, 5.41) is 12.5. The zero-order chi connectivity index (χ0) is 14.4. The van der Waals surface area contributed by atoms with E-state index in [-0.39, 0.29) is 0 Å². The largest absolute Gasteiger partial charge is 0.454 e. The topological polar surface area (TPSA) is 57.9 Å². The molecule has 20 heavy (non-hydrogen) atoms. The molecule has 0 spiro atoms. The highest BCUT2D eigenvalue weighted by molar-refractivity contribution is 5.47. The molecule has 0 saturated heterocycles. The van der Waals surface area contributed by atoms with E-state index in [1.807, 2.05) is 44.2 Å². The van der Waals surface area contributed by atoms with Gasteiger partial charge in [-0.2, -0.15) is 5.26 Å². The Kier molecular flexibility index (Phi) is 4.70. The first kappa shape index (κ1) is 14.0. The maximum Gasteiger partial charge on any atom is 0.145 e. The predicted molar refractivity (Wildman–Crippen MR) is 77.6 cm³/mol. The van der Waals surface area contributed by atoms with Gasteiger partial charge in [0, 0.05) is 12.2 Å². The minimum absolute atomic E-state index is 0.529. The SMILES string of the molecule is CCNCc1ccc(Oc2ccc(C)nc2)c(C#N)c1. The molecule has 2 rings (SSSR count). The second-order valence-corrected chi connectivity index (χ2v) is 4.46. The van der Waals surface area contributed by atoms with E-state index in [9.17, 15) is 5.26 Å². The lowest BCUT2D eigenvalue weighted by Gasteiger charge is -2.09. The van der Waals surface area contributed by atoms with Crippen LogP contribution in [0, 0.1) is 18.3 Å². The molecule has 1 aromatic heterocycles. The Hall–Kier alpha value is -2.38. The average Bonchev–Trinajstić information content (AvgIpc) is 2.48. The normalized spacial score (nSPS) is 10.1. The number of nitrogens with zero attached hydrogens (tertiary/aromatic N) is 2. The summed E-state index contributed by atoms with van der Waals surface area (Å²) in [6, 6.07) is 11.5. The lowest BCUT2D eigenvalue weighted by Crippen LogP contribution is -2.11. The lowest BCUT2D eigenvalue weighted by atomic mass is 10.1. The first-order valence-electron chi connectivity index (χ1n) is 6.57. The van der Waals surface area contributed by atoms with E-state index in [0.717, 1.165) is 24.3 Å². The van der Waals surface area contributed by atoms with Gasteiger partial charge in [0.15, 0.2) is 0 Å². The van der Waals surface area contributed by atoms with Crippen molar-refractivity contribution in [3.05, 3.63) is 53.3 Å². The van der Waals surface area contributed by atoms with Crippen LogP contribution in [0.2, 0.25) is 0 Å². The Labute approximate surface area is 119 Å². The molecular formula is C16H17N3O. The fraction of sp³-hybridized carbons (Fsp3) is 0.250. The van der Waals surface area contributed by atoms with Crippen molar-refractivity contribution in [1.29, 1.82) is 5.26 Å². The van der Waals surface area contributed by atoms with Crippen LogP contribution in [0.4, 0.5) is 0 Å². The molecule has 1 heterocycles. The van der Waals surface area contributed by atoms with Crippen LogP contribution in [0.1, 0.15) is 23.7 Å². The van der Waals surface area contributed by atoms with Crippen LogP contribution in [0.15, 0.2) is 36.5 Å². The maximum atomic E-state index is 9.22. The van der Waals surface area contributed by atoms with Gasteiger partial charge in [-0.15, -0.1) is 0 Å². The van der Waals surface area contributed by atoms with Crippen molar-refractivity contribution in [2.24, 2.45) is 0 Å². The molecular weight excluding hydrogens is 250 g/mol. The number of aryl methyl sites for hydroxylation is 1. The summed E-state index contributed by atoms with van der Waals surface area (Å²) in [4.78, 5) is 4.17. The summed E-state index contributed by atoms with van der Waals surface area (Å²) < 4.78 is 5.71. The van der Waals surface area contributed by atoms with Crippen LogP contribution in [0.25, 0.3) is 0 Å². The molecule has 0 bridgehead atoms. The van der Waals surface area contributed by atoms with Gasteiger partial charge in [0.25, 0.3) is 0 Å². The Balaban J connectivity index is 2.19. The second-order valence-electron chi connectivity index (χ2n) is 4.46. The van der Waals surface area contributed by atoms with Crippen LogP contribution < -0.4 is 10.1 Å². The van der Waals surface area contributed by atoms with Crippen LogP contribution in [0.5, 0.6) is 11.5 Å². The van der Waals surface area contributed by atoms with Gasteiger partial charge in [0.05, 0.1) is 11.8 Å². The third kappa shape index (κ3) is 3.56. The highest BCUT2D eigenvalue weighted by atomic mass is 16.5. The number of benzene rings is 1. The van der Waals surface area contributed by atoms with Gasteiger partial charge in [-0.25, -0.2) is 0 Å². The predicted octanol–water partition coefficient (Wildman–Crippen LogP) is 3.16. The number of pyridine rings is 1. The summed E-state index contributed by atoms with van der Waals surface area (Å²) in [5.74, 6) is 1.19. The Morgan fingerprint density at radius 3 is 2.80 bits per heavy atom. The van der Waals surface area contributed by atoms with E-state index in [1.165, 1.54) is 0 Å². The van der Waals surface area contributed by atoms with Crippen molar-refractivity contribution in [2.75, 3.05) is 6.54 Å². The molecule has 1 aromatic carbocycles. The molecule has 4 nitrogen and oxygen atoms in total. The molecule has 0 aliphatic rings. The zero-order valence-electron chi connectivity index (χ0n) is 11.7. The Morgan fingerprint density at radius 1 is 1.30 bits per heavy atom. The number of ether oxygens (including phenoxy) is 1. The second kappa shape index (κ2) is 6.69.